The molecule has 1 unspecified atom stereocenters. The molecular weight excluding hydrogens is 579 g/mol. The first-order chi connectivity index (χ1) is 17.6. The predicted molar refractivity (Wildman–Crippen MR) is 143 cm³/mol. The molecule has 0 heterocycles. The van der Waals surface area contributed by atoms with E-state index in [9.17, 15) is 21.6 Å². The molecule has 0 aromatic heterocycles. The fraction of sp³-hybridized carbons (Fsp3) is 0.107. The van der Waals surface area contributed by atoms with Crippen molar-refractivity contribution in [2.45, 2.75) is 26.5 Å². The van der Waals surface area contributed by atoms with Crippen molar-refractivity contribution in [1.82, 2.24) is 0 Å². The van der Waals surface area contributed by atoms with Crippen molar-refractivity contribution in [2.75, 3.05) is 0 Å². The minimum atomic E-state index is -5.20. The van der Waals surface area contributed by atoms with E-state index in [1.54, 1.807) is 18.2 Å². The van der Waals surface area contributed by atoms with Gasteiger partial charge in [-0.1, -0.05) is 94.8 Å². The highest BCUT2D eigenvalue weighted by molar-refractivity contribution is 9.10. The van der Waals surface area contributed by atoms with Crippen LogP contribution in [0.1, 0.15) is 28.3 Å². The van der Waals surface area contributed by atoms with E-state index in [1.807, 2.05) is 0 Å². The van der Waals surface area contributed by atoms with Crippen molar-refractivity contribution >= 4 is 41.4 Å². The van der Waals surface area contributed by atoms with Crippen LogP contribution in [-0.2, 0) is 19.7 Å². The average Bonchev–Trinajstić information content (AvgIpc) is 2.92. The maximum absolute atomic E-state index is 17.7. The van der Waals surface area contributed by atoms with Gasteiger partial charge < -0.3 is 0 Å². The van der Waals surface area contributed by atoms with Gasteiger partial charge in [-0.05, 0) is 42.0 Å². The first-order valence-electron chi connectivity index (χ1n) is 11.2. The zero-order chi connectivity index (χ0) is 26.7. The first kappa shape index (κ1) is 26.9. The Kier molecular flexibility index (Phi) is 7.77. The summed E-state index contributed by atoms with van der Waals surface area (Å²) < 4.78 is 70.4. The Morgan fingerprint density at radius 1 is 0.676 bits per heavy atom. The van der Waals surface area contributed by atoms with Gasteiger partial charge in [-0.3, -0.25) is 4.79 Å². The summed E-state index contributed by atoms with van der Waals surface area (Å²) in [7, 11) is -10.4. The van der Waals surface area contributed by atoms with Crippen LogP contribution in [-0.4, -0.2) is 27.0 Å². The Bertz CT molecular complexity index is 1520. The van der Waals surface area contributed by atoms with Crippen molar-refractivity contribution < 1.29 is 26.0 Å². The standard InChI is InChI=1S/C28H22BrFO5S2/c29-23-18-16-22(17-19-23)27(31)20-26(21-10-4-1-5-11-21)28(30,36(32,33)24-12-6-2-7-13-24)37(34,35)25-14-8-3-9-15-25/h1-19,26H,20H2. The molecule has 190 valence electrons. The van der Waals surface area contributed by atoms with Gasteiger partial charge >= 0.3 is 4.33 Å². The van der Waals surface area contributed by atoms with E-state index in [0.29, 0.717) is 4.47 Å². The second kappa shape index (κ2) is 10.7. The summed E-state index contributed by atoms with van der Waals surface area (Å²) >= 11 is 3.29. The van der Waals surface area contributed by atoms with Gasteiger partial charge in [0.05, 0.1) is 15.7 Å². The highest BCUT2D eigenvalue weighted by Crippen LogP contribution is 2.49. The predicted octanol–water partition coefficient (Wildman–Crippen LogP) is 6.38. The molecule has 4 rings (SSSR count). The van der Waals surface area contributed by atoms with E-state index in [4.69, 9.17) is 0 Å². The lowest BCUT2D eigenvalue weighted by molar-refractivity contribution is 0.0960. The highest BCUT2D eigenvalue weighted by Gasteiger charge is 2.63. The molecule has 9 heteroatoms. The van der Waals surface area contributed by atoms with Crippen LogP contribution in [0.4, 0.5) is 4.39 Å². The lowest BCUT2D eigenvalue weighted by Gasteiger charge is -2.33. The van der Waals surface area contributed by atoms with Crippen LogP contribution in [0, 0.1) is 0 Å². The molecule has 0 fully saturated rings. The van der Waals surface area contributed by atoms with Gasteiger partial charge in [0.15, 0.2) is 5.78 Å². The highest BCUT2D eigenvalue weighted by atomic mass is 79.9. The Morgan fingerprint density at radius 3 is 1.51 bits per heavy atom. The third kappa shape index (κ3) is 5.03. The van der Waals surface area contributed by atoms with Crippen LogP contribution in [0.15, 0.2) is 130 Å². The SMILES string of the molecule is O=C(CC(c1ccccc1)C(F)(S(=O)(=O)c1ccccc1)S(=O)(=O)c1ccccc1)c1ccc(Br)cc1. The minimum absolute atomic E-state index is 0.0643. The van der Waals surface area contributed by atoms with Crippen LogP contribution < -0.4 is 0 Å². The Balaban J connectivity index is 2.00. The number of benzene rings is 4. The lowest BCUT2D eigenvalue weighted by atomic mass is 9.92. The molecule has 4 aromatic rings. The molecule has 37 heavy (non-hydrogen) atoms. The Labute approximate surface area is 224 Å². The zero-order valence-electron chi connectivity index (χ0n) is 19.4. The van der Waals surface area contributed by atoms with E-state index in [-0.39, 0.29) is 11.1 Å². The van der Waals surface area contributed by atoms with Gasteiger partial charge in [0.2, 0.25) is 19.7 Å². The molecule has 0 saturated carbocycles. The molecule has 1 atom stereocenters. The van der Waals surface area contributed by atoms with Crippen molar-refractivity contribution in [1.29, 1.82) is 0 Å². The summed E-state index contributed by atoms with van der Waals surface area (Å²) in [5.74, 6) is -2.48. The van der Waals surface area contributed by atoms with Gasteiger partial charge in [-0.2, -0.15) is 0 Å². The number of hydrogen-bond donors (Lipinski definition) is 0. The molecule has 0 N–H and O–H groups in total. The van der Waals surface area contributed by atoms with E-state index in [1.165, 1.54) is 72.8 Å². The molecule has 0 radical (unpaired) electrons. The summed E-state index contributed by atoms with van der Waals surface area (Å²) in [6.45, 7) is 0. The number of carbonyl (C=O) groups excluding carboxylic acids is 1. The lowest BCUT2D eigenvalue weighted by Crippen LogP contribution is -2.48. The Morgan fingerprint density at radius 2 is 1.08 bits per heavy atom. The van der Waals surface area contributed by atoms with E-state index in [2.05, 4.69) is 15.9 Å². The Hall–Kier alpha value is -3.14. The smallest absolute Gasteiger partial charge is 0.294 e. The minimum Gasteiger partial charge on any atom is -0.294 e. The van der Waals surface area contributed by atoms with Crippen LogP contribution in [0.25, 0.3) is 0 Å². The van der Waals surface area contributed by atoms with Crippen LogP contribution in [0.5, 0.6) is 0 Å². The van der Waals surface area contributed by atoms with Crippen molar-refractivity contribution in [3.05, 3.63) is 131 Å². The van der Waals surface area contributed by atoms with Gasteiger partial charge in [0.25, 0.3) is 0 Å². The topological polar surface area (TPSA) is 85.3 Å². The number of halogens is 2. The summed E-state index contributed by atoms with van der Waals surface area (Å²) in [4.78, 5) is 12.3. The molecule has 0 aliphatic carbocycles. The number of carbonyl (C=O) groups is 1. The first-order valence-corrected chi connectivity index (χ1v) is 15.0. The number of alkyl halides is 1. The molecule has 4 aromatic carbocycles. The number of hydrogen-bond acceptors (Lipinski definition) is 5. The summed E-state index contributed by atoms with van der Waals surface area (Å²) in [5, 5.41) is 0. The maximum atomic E-state index is 17.7. The second-order valence-electron chi connectivity index (χ2n) is 8.31. The van der Waals surface area contributed by atoms with Crippen molar-refractivity contribution in [2.24, 2.45) is 0 Å². The number of ketones is 1. The maximum Gasteiger partial charge on any atom is 0.324 e. The van der Waals surface area contributed by atoms with Crippen LogP contribution in [0.2, 0.25) is 0 Å². The zero-order valence-corrected chi connectivity index (χ0v) is 22.6. The molecule has 0 aliphatic rings. The third-order valence-electron chi connectivity index (χ3n) is 6.01. The second-order valence-corrected chi connectivity index (χ2v) is 13.6. The monoisotopic (exact) mass is 600 g/mol. The molecule has 0 aliphatic heterocycles. The van der Waals surface area contributed by atoms with Gasteiger partial charge in [-0.25, -0.2) is 21.2 Å². The fourth-order valence-corrected chi connectivity index (χ4v) is 8.96. The normalized spacial score (nSPS) is 13.1. The number of rotatable bonds is 9. The van der Waals surface area contributed by atoms with Crippen LogP contribution in [0.3, 0.4) is 0 Å². The summed E-state index contributed by atoms with van der Waals surface area (Å²) in [6.07, 6.45) is -0.708. The third-order valence-corrected chi connectivity index (χ3v) is 11.7. The van der Waals surface area contributed by atoms with Gasteiger partial charge in [0, 0.05) is 16.5 Å². The molecule has 0 spiro atoms. The average molecular weight is 602 g/mol. The van der Waals surface area contributed by atoms with Gasteiger partial charge in [0.1, 0.15) is 0 Å². The van der Waals surface area contributed by atoms with Gasteiger partial charge in [-0.15, -0.1) is 0 Å². The van der Waals surface area contributed by atoms with E-state index < -0.39 is 51.9 Å². The number of Topliss-reactive ketones (excluding diaryl/α,β-unsaturated/α-hetero) is 1. The number of sulfone groups is 2. The van der Waals surface area contributed by atoms with Crippen molar-refractivity contribution in [3.8, 4) is 0 Å². The quantitative estimate of drug-likeness (QED) is 0.208. The van der Waals surface area contributed by atoms with Crippen molar-refractivity contribution in [3.63, 3.8) is 0 Å². The van der Waals surface area contributed by atoms with Crippen LogP contribution >= 0.6 is 15.9 Å². The van der Waals surface area contributed by atoms with E-state index >= 15 is 4.39 Å². The molecule has 5 nitrogen and oxygen atoms in total. The summed E-state index contributed by atoms with van der Waals surface area (Å²) in [5.41, 5.74) is 0.259. The fourth-order valence-electron chi connectivity index (χ4n) is 4.10. The summed E-state index contributed by atoms with van der Waals surface area (Å²) in [6, 6.07) is 27.0. The largest absolute Gasteiger partial charge is 0.324 e. The molecular formula is C28H22BrFO5S2. The molecule has 0 bridgehead atoms. The molecule has 0 amide bonds. The van der Waals surface area contributed by atoms with E-state index in [0.717, 1.165) is 24.3 Å². The molecule has 0 saturated heterocycles.